The monoisotopic (exact) mass is 212 g/mol. The van der Waals surface area contributed by atoms with Crippen molar-refractivity contribution in [3.05, 3.63) is 15.6 Å². The number of aryl methyl sites for hydroxylation is 2. The number of nitrogens with two attached hydrogens (primary N) is 1. The second-order valence-corrected chi connectivity index (χ2v) is 5.02. The molecule has 80 valence electrons. The van der Waals surface area contributed by atoms with Gasteiger partial charge in [0.25, 0.3) is 0 Å². The predicted molar refractivity (Wildman–Crippen MR) is 62.6 cm³/mol. The minimum Gasteiger partial charge on any atom is -0.323 e. The molecule has 0 spiro atoms. The molecule has 0 aliphatic carbocycles. The van der Waals surface area contributed by atoms with Gasteiger partial charge < -0.3 is 5.73 Å². The fourth-order valence-corrected chi connectivity index (χ4v) is 2.89. The molecule has 0 fully saturated rings. The van der Waals surface area contributed by atoms with Gasteiger partial charge in [0, 0.05) is 10.9 Å². The summed E-state index contributed by atoms with van der Waals surface area (Å²) in [5.74, 6) is 0.591. The molecule has 1 atom stereocenters. The normalized spacial score (nSPS) is 13.6. The lowest BCUT2D eigenvalue weighted by Crippen LogP contribution is -2.20. The Balaban J connectivity index is 2.87. The average Bonchev–Trinajstić information content (AvgIpc) is 2.47. The molecule has 0 aromatic carbocycles. The highest BCUT2D eigenvalue weighted by atomic mass is 32.1. The molecule has 0 aliphatic heterocycles. The van der Waals surface area contributed by atoms with Crippen molar-refractivity contribution in [1.29, 1.82) is 0 Å². The quantitative estimate of drug-likeness (QED) is 0.832. The Morgan fingerprint density at radius 3 is 2.21 bits per heavy atom. The van der Waals surface area contributed by atoms with Crippen molar-refractivity contribution in [3.63, 3.8) is 0 Å². The van der Waals surface area contributed by atoms with E-state index in [-0.39, 0.29) is 6.04 Å². The van der Waals surface area contributed by atoms with E-state index in [4.69, 9.17) is 5.73 Å². The Bertz CT molecular complexity index is 289. The number of aromatic nitrogens is 1. The SMILES string of the molecule is CCC(CC)C(N)c1sc(C)nc1C. The topological polar surface area (TPSA) is 38.9 Å². The summed E-state index contributed by atoms with van der Waals surface area (Å²) in [5, 5.41) is 1.12. The van der Waals surface area contributed by atoms with E-state index in [1.54, 1.807) is 11.3 Å². The summed E-state index contributed by atoms with van der Waals surface area (Å²) in [5.41, 5.74) is 7.36. The number of thiazole rings is 1. The minimum absolute atomic E-state index is 0.177. The van der Waals surface area contributed by atoms with Crippen molar-refractivity contribution < 1.29 is 0 Å². The molecule has 3 heteroatoms. The van der Waals surface area contributed by atoms with Crippen LogP contribution >= 0.6 is 11.3 Å². The molecular weight excluding hydrogens is 192 g/mol. The van der Waals surface area contributed by atoms with E-state index in [1.165, 1.54) is 4.88 Å². The van der Waals surface area contributed by atoms with E-state index in [1.807, 2.05) is 6.92 Å². The molecule has 0 amide bonds. The van der Waals surface area contributed by atoms with Crippen molar-refractivity contribution in [2.45, 2.75) is 46.6 Å². The average molecular weight is 212 g/mol. The molecule has 1 rings (SSSR count). The summed E-state index contributed by atoms with van der Waals surface area (Å²) in [4.78, 5) is 5.70. The third-order valence-electron chi connectivity index (χ3n) is 2.80. The van der Waals surface area contributed by atoms with E-state index in [0.717, 1.165) is 23.5 Å². The molecule has 0 radical (unpaired) electrons. The van der Waals surface area contributed by atoms with Crippen LogP contribution in [0.3, 0.4) is 0 Å². The van der Waals surface area contributed by atoms with Crippen molar-refractivity contribution in [2.24, 2.45) is 11.7 Å². The van der Waals surface area contributed by atoms with Gasteiger partial charge in [-0.1, -0.05) is 26.7 Å². The molecule has 1 aromatic rings. The van der Waals surface area contributed by atoms with Crippen molar-refractivity contribution in [2.75, 3.05) is 0 Å². The van der Waals surface area contributed by atoms with Crippen LogP contribution in [-0.2, 0) is 0 Å². The molecule has 0 aliphatic rings. The Morgan fingerprint density at radius 2 is 1.86 bits per heavy atom. The van der Waals surface area contributed by atoms with Gasteiger partial charge >= 0.3 is 0 Å². The maximum Gasteiger partial charge on any atom is 0.0900 e. The largest absolute Gasteiger partial charge is 0.323 e. The Morgan fingerprint density at radius 1 is 1.29 bits per heavy atom. The van der Waals surface area contributed by atoms with Crippen LogP contribution in [0, 0.1) is 19.8 Å². The number of rotatable bonds is 4. The summed E-state index contributed by atoms with van der Waals surface area (Å²) in [6, 6.07) is 0.177. The van der Waals surface area contributed by atoms with Gasteiger partial charge in [-0.2, -0.15) is 0 Å². The Kier molecular flexibility index (Phi) is 4.08. The summed E-state index contributed by atoms with van der Waals surface area (Å²) >= 11 is 1.75. The highest BCUT2D eigenvalue weighted by Crippen LogP contribution is 2.31. The van der Waals surface area contributed by atoms with Crippen molar-refractivity contribution in [1.82, 2.24) is 4.98 Å². The molecule has 0 saturated carbocycles. The van der Waals surface area contributed by atoms with Gasteiger partial charge in [-0.3, -0.25) is 0 Å². The predicted octanol–water partition coefficient (Wildman–Crippen LogP) is 3.20. The smallest absolute Gasteiger partial charge is 0.0900 e. The molecule has 0 bridgehead atoms. The van der Waals surface area contributed by atoms with Crippen LogP contribution < -0.4 is 5.73 Å². The van der Waals surface area contributed by atoms with Gasteiger partial charge in [0.2, 0.25) is 0 Å². The lowest BCUT2D eigenvalue weighted by Gasteiger charge is -2.20. The van der Waals surface area contributed by atoms with Gasteiger partial charge in [-0.15, -0.1) is 11.3 Å². The summed E-state index contributed by atoms with van der Waals surface area (Å²) < 4.78 is 0. The second-order valence-electron chi connectivity index (χ2n) is 3.78. The zero-order chi connectivity index (χ0) is 10.7. The maximum absolute atomic E-state index is 6.24. The summed E-state index contributed by atoms with van der Waals surface area (Å²) in [6.07, 6.45) is 2.29. The second kappa shape index (κ2) is 4.89. The first-order valence-electron chi connectivity index (χ1n) is 5.29. The molecule has 1 unspecified atom stereocenters. The highest BCUT2D eigenvalue weighted by Gasteiger charge is 2.20. The molecule has 14 heavy (non-hydrogen) atoms. The van der Waals surface area contributed by atoms with E-state index in [2.05, 4.69) is 25.8 Å². The third-order valence-corrected chi connectivity index (χ3v) is 3.97. The van der Waals surface area contributed by atoms with Gasteiger partial charge in [0.15, 0.2) is 0 Å². The van der Waals surface area contributed by atoms with Gasteiger partial charge in [0.1, 0.15) is 0 Å². The fraction of sp³-hybridized carbons (Fsp3) is 0.727. The van der Waals surface area contributed by atoms with Gasteiger partial charge in [-0.25, -0.2) is 4.98 Å². The standard InChI is InChI=1S/C11H20N2S/c1-5-9(6-2)10(12)11-7(3)13-8(4)14-11/h9-10H,5-6,12H2,1-4H3. The van der Waals surface area contributed by atoms with Crippen LogP contribution in [0.1, 0.15) is 48.3 Å². The zero-order valence-electron chi connectivity index (χ0n) is 9.50. The van der Waals surface area contributed by atoms with Crippen LogP contribution in [0.25, 0.3) is 0 Å². The fourth-order valence-electron chi connectivity index (χ4n) is 1.87. The Hall–Kier alpha value is -0.410. The first-order valence-corrected chi connectivity index (χ1v) is 6.11. The first kappa shape index (κ1) is 11.7. The van der Waals surface area contributed by atoms with E-state index < -0.39 is 0 Å². The summed E-state index contributed by atoms with van der Waals surface area (Å²) in [6.45, 7) is 8.51. The number of hydrogen-bond acceptors (Lipinski definition) is 3. The molecular formula is C11H20N2S. The summed E-state index contributed by atoms with van der Waals surface area (Å²) in [7, 11) is 0. The van der Waals surface area contributed by atoms with Crippen molar-refractivity contribution in [3.8, 4) is 0 Å². The zero-order valence-corrected chi connectivity index (χ0v) is 10.3. The molecule has 1 aromatic heterocycles. The molecule has 0 saturated heterocycles. The first-order chi connectivity index (χ1) is 6.60. The van der Waals surface area contributed by atoms with Crippen LogP contribution in [0.5, 0.6) is 0 Å². The van der Waals surface area contributed by atoms with Gasteiger partial charge in [0.05, 0.1) is 10.7 Å². The number of nitrogens with zero attached hydrogens (tertiary/aromatic N) is 1. The molecule has 2 N–H and O–H groups in total. The molecule has 2 nitrogen and oxygen atoms in total. The van der Waals surface area contributed by atoms with Crippen molar-refractivity contribution >= 4 is 11.3 Å². The van der Waals surface area contributed by atoms with Crippen LogP contribution in [-0.4, -0.2) is 4.98 Å². The third kappa shape index (κ3) is 2.34. The van der Waals surface area contributed by atoms with E-state index in [0.29, 0.717) is 5.92 Å². The van der Waals surface area contributed by atoms with Crippen LogP contribution in [0.2, 0.25) is 0 Å². The van der Waals surface area contributed by atoms with Crippen LogP contribution in [0.4, 0.5) is 0 Å². The Labute approximate surface area is 90.6 Å². The lowest BCUT2D eigenvalue weighted by atomic mass is 9.93. The van der Waals surface area contributed by atoms with E-state index in [9.17, 15) is 0 Å². The van der Waals surface area contributed by atoms with Crippen LogP contribution in [0.15, 0.2) is 0 Å². The maximum atomic E-state index is 6.24. The number of hydrogen-bond donors (Lipinski definition) is 1. The highest BCUT2D eigenvalue weighted by molar-refractivity contribution is 7.11. The molecule has 1 heterocycles. The minimum atomic E-state index is 0.177. The van der Waals surface area contributed by atoms with E-state index >= 15 is 0 Å². The van der Waals surface area contributed by atoms with Gasteiger partial charge in [-0.05, 0) is 19.8 Å². The lowest BCUT2D eigenvalue weighted by molar-refractivity contribution is 0.408.